The number of carbonyl (C=O) groups is 1. The molecule has 0 unspecified atom stereocenters. The van der Waals surface area contributed by atoms with Crippen molar-refractivity contribution >= 4 is 5.91 Å². The first-order chi connectivity index (χ1) is 9.17. The lowest BCUT2D eigenvalue weighted by Crippen LogP contribution is -2.44. The average molecular weight is 262 g/mol. The van der Waals surface area contributed by atoms with Gasteiger partial charge in [0.2, 0.25) is 0 Å². The molecule has 1 saturated carbocycles. The molecule has 5 nitrogen and oxygen atoms in total. The smallest absolute Gasteiger partial charge is 0.269 e. The Morgan fingerprint density at radius 3 is 3.05 bits per heavy atom. The zero-order valence-corrected chi connectivity index (χ0v) is 11.6. The van der Waals surface area contributed by atoms with Crippen LogP contribution in [-0.2, 0) is 6.54 Å². The Labute approximate surface area is 113 Å². The first kappa shape index (κ1) is 12.7. The molecule has 1 aliphatic heterocycles. The van der Waals surface area contributed by atoms with Crippen LogP contribution < -0.4 is 10.6 Å². The lowest BCUT2D eigenvalue weighted by atomic mass is 10.00. The van der Waals surface area contributed by atoms with Gasteiger partial charge >= 0.3 is 0 Å². The van der Waals surface area contributed by atoms with Crippen molar-refractivity contribution in [2.24, 2.45) is 5.92 Å². The SMILES string of the molecule is CCn1nc(C)cc1C(=O)NC[C@H]1N[C@@H]2CC[C@H]1C2. The summed E-state index contributed by atoms with van der Waals surface area (Å²) in [5.74, 6) is 0.746. The first-order valence-electron chi connectivity index (χ1n) is 7.26. The third-order valence-electron chi connectivity index (χ3n) is 4.41. The van der Waals surface area contributed by atoms with E-state index in [2.05, 4.69) is 15.7 Å². The third-order valence-corrected chi connectivity index (χ3v) is 4.41. The van der Waals surface area contributed by atoms with Crippen LogP contribution in [0.4, 0.5) is 0 Å². The molecule has 3 rings (SSSR count). The van der Waals surface area contributed by atoms with Crippen molar-refractivity contribution in [1.82, 2.24) is 20.4 Å². The Balaban J connectivity index is 1.59. The second-order valence-electron chi connectivity index (χ2n) is 5.74. The largest absolute Gasteiger partial charge is 0.349 e. The van der Waals surface area contributed by atoms with E-state index in [1.807, 2.05) is 19.9 Å². The van der Waals surface area contributed by atoms with Crippen molar-refractivity contribution in [3.05, 3.63) is 17.5 Å². The molecule has 2 aliphatic rings. The molecule has 19 heavy (non-hydrogen) atoms. The molecule has 1 amide bonds. The van der Waals surface area contributed by atoms with Crippen molar-refractivity contribution in [2.45, 2.75) is 51.7 Å². The van der Waals surface area contributed by atoms with Crippen LogP contribution in [0.1, 0.15) is 42.4 Å². The molecule has 2 bridgehead atoms. The fourth-order valence-electron chi connectivity index (χ4n) is 3.46. The normalized spacial score (nSPS) is 28.8. The van der Waals surface area contributed by atoms with E-state index in [-0.39, 0.29) is 5.91 Å². The number of nitrogens with zero attached hydrogens (tertiary/aromatic N) is 2. The van der Waals surface area contributed by atoms with Gasteiger partial charge in [-0.05, 0) is 45.1 Å². The number of nitrogens with one attached hydrogen (secondary N) is 2. The van der Waals surface area contributed by atoms with Gasteiger partial charge in [0.25, 0.3) is 5.91 Å². The van der Waals surface area contributed by atoms with Gasteiger partial charge in [0.05, 0.1) is 5.69 Å². The molecular formula is C14H22N4O. The fraction of sp³-hybridized carbons (Fsp3) is 0.714. The van der Waals surface area contributed by atoms with E-state index in [0.717, 1.165) is 24.7 Å². The monoisotopic (exact) mass is 262 g/mol. The topological polar surface area (TPSA) is 59.0 Å². The molecule has 5 heteroatoms. The minimum absolute atomic E-state index is 0.00739. The molecule has 0 radical (unpaired) electrons. The van der Waals surface area contributed by atoms with Gasteiger partial charge in [-0.1, -0.05) is 0 Å². The van der Waals surface area contributed by atoms with Gasteiger partial charge in [-0.25, -0.2) is 0 Å². The molecular weight excluding hydrogens is 240 g/mol. The lowest BCUT2D eigenvalue weighted by molar-refractivity contribution is 0.0936. The second kappa shape index (κ2) is 4.96. The molecule has 2 fully saturated rings. The molecule has 3 atom stereocenters. The molecule has 1 saturated heterocycles. The summed E-state index contributed by atoms with van der Waals surface area (Å²) >= 11 is 0. The van der Waals surface area contributed by atoms with Gasteiger partial charge in [-0.3, -0.25) is 9.48 Å². The minimum atomic E-state index is -0.00739. The van der Waals surface area contributed by atoms with Gasteiger partial charge in [0.15, 0.2) is 0 Å². The van der Waals surface area contributed by atoms with Crippen LogP contribution in [0.3, 0.4) is 0 Å². The molecule has 1 aromatic heterocycles. The highest BCUT2D eigenvalue weighted by molar-refractivity contribution is 5.92. The van der Waals surface area contributed by atoms with E-state index in [9.17, 15) is 4.79 Å². The summed E-state index contributed by atoms with van der Waals surface area (Å²) in [6.07, 6.45) is 3.90. The number of amides is 1. The lowest BCUT2D eigenvalue weighted by Gasteiger charge is -2.23. The second-order valence-corrected chi connectivity index (χ2v) is 5.74. The Morgan fingerprint density at radius 1 is 1.58 bits per heavy atom. The maximum absolute atomic E-state index is 12.2. The number of rotatable bonds is 4. The summed E-state index contributed by atoms with van der Waals surface area (Å²) < 4.78 is 1.76. The van der Waals surface area contributed by atoms with Crippen molar-refractivity contribution in [3.63, 3.8) is 0 Å². The first-order valence-corrected chi connectivity index (χ1v) is 7.26. The highest BCUT2D eigenvalue weighted by atomic mass is 16.2. The van der Waals surface area contributed by atoms with Crippen LogP contribution in [0.5, 0.6) is 0 Å². The van der Waals surface area contributed by atoms with E-state index >= 15 is 0 Å². The average Bonchev–Trinajstić information content (AvgIpc) is 3.09. The number of aromatic nitrogens is 2. The number of fused-ring (bicyclic) bond motifs is 2. The maximum Gasteiger partial charge on any atom is 0.269 e. The van der Waals surface area contributed by atoms with Gasteiger partial charge in [-0.2, -0.15) is 5.10 Å². The van der Waals surface area contributed by atoms with Crippen LogP contribution in [0.25, 0.3) is 0 Å². The van der Waals surface area contributed by atoms with Crippen molar-refractivity contribution in [3.8, 4) is 0 Å². The number of carbonyl (C=O) groups excluding carboxylic acids is 1. The van der Waals surface area contributed by atoms with Crippen LogP contribution in [0, 0.1) is 12.8 Å². The van der Waals surface area contributed by atoms with E-state index in [1.165, 1.54) is 19.3 Å². The minimum Gasteiger partial charge on any atom is -0.349 e. The summed E-state index contributed by atoms with van der Waals surface area (Å²) in [7, 11) is 0. The number of piperidine rings is 1. The number of hydrogen-bond donors (Lipinski definition) is 2. The van der Waals surface area contributed by atoms with E-state index < -0.39 is 0 Å². The van der Waals surface area contributed by atoms with E-state index in [0.29, 0.717) is 17.8 Å². The van der Waals surface area contributed by atoms with Crippen LogP contribution in [0.2, 0.25) is 0 Å². The predicted molar refractivity (Wildman–Crippen MR) is 73.0 cm³/mol. The standard InChI is InChI=1S/C14H22N4O/c1-3-18-13(6-9(2)17-18)14(19)15-8-12-10-4-5-11(7-10)16-12/h6,10-12,16H,3-5,7-8H2,1-2H3,(H,15,19)/t10-,11+,12+/m0/s1. The van der Waals surface area contributed by atoms with E-state index in [4.69, 9.17) is 0 Å². The Bertz CT molecular complexity index is 482. The summed E-state index contributed by atoms with van der Waals surface area (Å²) in [5.41, 5.74) is 1.56. The predicted octanol–water partition coefficient (Wildman–Crippen LogP) is 1.08. The molecule has 1 aliphatic carbocycles. The van der Waals surface area contributed by atoms with Gasteiger partial charge < -0.3 is 10.6 Å². The molecule has 2 N–H and O–H groups in total. The maximum atomic E-state index is 12.2. The summed E-state index contributed by atoms with van der Waals surface area (Å²) in [6, 6.07) is 3.00. The molecule has 2 heterocycles. The van der Waals surface area contributed by atoms with Gasteiger partial charge in [0, 0.05) is 25.2 Å². The number of hydrogen-bond acceptors (Lipinski definition) is 3. The summed E-state index contributed by atoms with van der Waals surface area (Å²) in [5, 5.41) is 11.0. The third kappa shape index (κ3) is 2.39. The quantitative estimate of drug-likeness (QED) is 0.853. The van der Waals surface area contributed by atoms with E-state index in [1.54, 1.807) is 4.68 Å². The van der Waals surface area contributed by atoms with Gasteiger partial charge in [0.1, 0.15) is 5.69 Å². The zero-order chi connectivity index (χ0) is 13.4. The van der Waals surface area contributed by atoms with Crippen molar-refractivity contribution in [1.29, 1.82) is 0 Å². The molecule has 104 valence electrons. The number of aryl methyl sites for hydroxylation is 2. The van der Waals surface area contributed by atoms with Crippen molar-refractivity contribution < 1.29 is 4.79 Å². The van der Waals surface area contributed by atoms with Gasteiger partial charge in [-0.15, -0.1) is 0 Å². The Morgan fingerprint density at radius 2 is 2.42 bits per heavy atom. The Hall–Kier alpha value is -1.36. The fourth-order valence-corrected chi connectivity index (χ4v) is 3.46. The van der Waals surface area contributed by atoms with Crippen molar-refractivity contribution in [2.75, 3.05) is 6.54 Å². The highest BCUT2D eigenvalue weighted by Crippen LogP contribution is 2.34. The Kier molecular flexibility index (Phi) is 3.31. The van der Waals surface area contributed by atoms with Crippen LogP contribution >= 0.6 is 0 Å². The molecule has 0 aromatic carbocycles. The summed E-state index contributed by atoms with van der Waals surface area (Å²) in [6.45, 7) is 5.37. The summed E-state index contributed by atoms with van der Waals surface area (Å²) in [4.78, 5) is 12.2. The van der Waals surface area contributed by atoms with Crippen LogP contribution in [-0.4, -0.2) is 34.3 Å². The van der Waals surface area contributed by atoms with Crippen LogP contribution in [0.15, 0.2) is 6.07 Å². The zero-order valence-electron chi connectivity index (χ0n) is 11.6. The highest BCUT2D eigenvalue weighted by Gasteiger charge is 2.38. The molecule has 1 aromatic rings. The molecule has 0 spiro atoms.